The number of rotatable bonds is 6. The van der Waals surface area contributed by atoms with Gasteiger partial charge in [0.2, 0.25) is 0 Å². The monoisotopic (exact) mass is 370 g/mol. The standard InChI is InChI=1S/C21H30N4O2/c1-4-13-24(16-9-11-22-12-10-16)21(27)19-17-7-5-6-8-18(17)20(26)25(23-19)14-15(2)3/h5-8,15-16,22H,4,9-14H2,1-3H3. The van der Waals surface area contributed by atoms with Crippen molar-refractivity contribution in [3.63, 3.8) is 0 Å². The lowest BCUT2D eigenvalue weighted by Gasteiger charge is -2.34. The van der Waals surface area contributed by atoms with Gasteiger partial charge in [-0.05, 0) is 44.3 Å². The number of aromatic nitrogens is 2. The molecule has 1 aliphatic heterocycles. The summed E-state index contributed by atoms with van der Waals surface area (Å²) < 4.78 is 1.47. The van der Waals surface area contributed by atoms with Crippen LogP contribution in [0.1, 0.15) is 50.5 Å². The van der Waals surface area contributed by atoms with Gasteiger partial charge in [-0.1, -0.05) is 39.0 Å². The summed E-state index contributed by atoms with van der Waals surface area (Å²) >= 11 is 0. The van der Waals surface area contributed by atoms with Crippen molar-refractivity contribution >= 4 is 16.7 Å². The molecule has 1 amide bonds. The molecule has 0 atom stereocenters. The maximum atomic E-state index is 13.5. The van der Waals surface area contributed by atoms with Crippen LogP contribution < -0.4 is 10.9 Å². The topological polar surface area (TPSA) is 67.2 Å². The summed E-state index contributed by atoms with van der Waals surface area (Å²) in [5.74, 6) is 0.216. The first kappa shape index (κ1) is 19.5. The second kappa shape index (κ2) is 8.65. The zero-order valence-electron chi connectivity index (χ0n) is 16.6. The Labute approximate surface area is 160 Å². The molecule has 2 aromatic rings. The number of nitrogens with one attached hydrogen (secondary N) is 1. The summed E-state index contributed by atoms with van der Waals surface area (Å²) in [7, 11) is 0. The predicted molar refractivity (Wildman–Crippen MR) is 108 cm³/mol. The number of amides is 1. The summed E-state index contributed by atoms with van der Waals surface area (Å²) in [6.45, 7) is 9.26. The molecule has 6 heteroatoms. The predicted octanol–water partition coefficient (Wildman–Crippen LogP) is 2.66. The van der Waals surface area contributed by atoms with E-state index in [1.165, 1.54) is 4.68 Å². The molecule has 1 saturated heterocycles. The van der Waals surface area contributed by atoms with Crippen molar-refractivity contribution in [3.8, 4) is 0 Å². The van der Waals surface area contributed by atoms with E-state index in [1.54, 1.807) is 6.07 Å². The molecule has 1 fully saturated rings. The van der Waals surface area contributed by atoms with Crippen LogP contribution in [0.3, 0.4) is 0 Å². The van der Waals surface area contributed by atoms with Crippen LogP contribution in [0.25, 0.3) is 10.8 Å². The number of hydrogen-bond acceptors (Lipinski definition) is 4. The Morgan fingerprint density at radius 2 is 1.93 bits per heavy atom. The van der Waals surface area contributed by atoms with Crippen LogP contribution in [0.4, 0.5) is 0 Å². The molecule has 1 aromatic heterocycles. The van der Waals surface area contributed by atoms with Gasteiger partial charge in [-0.25, -0.2) is 4.68 Å². The van der Waals surface area contributed by atoms with Gasteiger partial charge >= 0.3 is 0 Å². The van der Waals surface area contributed by atoms with Gasteiger partial charge in [0, 0.05) is 24.5 Å². The minimum Gasteiger partial charge on any atom is -0.334 e. The normalized spacial score (nSPS) is 15.4. The highest BCUT2D eigenvalue weighted by molar-refractivity contribution is 6.04. The molecule has 146 valence electrons. The summed E-state index contributed by atoms with van der Waals surface area (Å²) in [6, 6.07) is 7.56. The molecular weight excluding hydrogens is 340 g/mol. The quantitative estimate of drug-likeness (QED) is 0.849. The average molecular weight is 370 g/mol. The van der Waals surface area contributed by atoms with E-state index in [0.717, 1.165) is 32.4 Å². The molecular formula is C21H30N4O2. The Morgan fingerprint density at radius 3 is 2.56 bits per heavy atom. The van der Waals surface area contributed by atoms with Crippen LogP contribution >= 0.6 is 0 Å². The fraction of sp³-hybridized carbons (Fsp3) is 0.571. The van der Waals surface area contributed by atoms with Gasteiger partial charge in [-0.2, -0.15) is 5.10 Å². The minimum absolute atomic E-state index is 0.0579. The molecule has 0 radical (unpaired) electrons. The van der Waals surface area contributed by atoms with Gasteiger partial charge < -0.3 is 10.2 Å². The van der Waals surface area contributed by atoms with E-state index in [-0.39, 0.29) is 23.4 Å². The Kier molecular flexibility index (Phi) is 6.26. The van der Waals surface area contributed by atoms with Crippen molar-refractivity contribution in [1.29, 1.82) is 0 Å². The van der Waals surface area contributed by atoms with Gasteiger partial charge in [0.1, 0.15) is 0 Å². The number of benzene rings is 1. The van der Waals surface area contributed by atoms with Crippen molar-refractivity contribution < 1.29 is 4.79 Å². The van der Waals surface area contributed by atoms with Gasteiger partial charge in [-0.3, -0.25) is 9.59 Å². The van der Waals surface area contributed by atoms with Crippen LogP contribution in [0.5, 0.6) is 0 Å². The Hall–Kier alpha value is -2.21. The second-order valence-corrected chi connectivity index (χ2v) is 7.76. The van der Waals surface area contributed by atoms with E-state index in [0.29, 0.717) is 29.6 Å². The third-order valence-electron chi connectivity index (χ3n) is 5.08. The van der Waals surface area contributed by atoms with Crippen molar-refractivity contribution in [3.05, 3.63) is 40.3 Å². The van der Waals surface area contributed by atoms with E-state index in [1.807, 2.05) is 36.9 Å². The number of carbonyl (C=O) groups is 1. The van der Waals surface area contributed by atoms with Crippen molar-refractivity contribution in [2.45, 2.75) is 52.6 Å². The Morgan fingerprint density at radius 1 is 1.26 bits per heavy atom. The molecule has 0 spiro atoms. The van der Waals surface area contributed by atoms with E-state index in [2.05, 4.69) is 17.3 Å². The highest BCUT2D eigenvalue weighted by Gasteiger charge is 2.28. The molecule has 27 heavy (non-hydrogen) atoms. The Balaban J connectivity index is 2.08. The van der Waals surface area contributed by atoms with E-state index < -0.39 is 0 Å². The first-order valence-electron chi connectivity index (χ1n) is 10.0. The molecule has 0 bridgehead atoms. The van der Waals surface area contributed by atoms with Crippen molar-refractivity contribution in [2.75, 3.05) is 19.6 Å². The number of hydrogen-bond donors (Lipinski definition) is 1. The SMILES string of the molecule is CCCN(C(=O)c1nn(CC(C)C)c(=O)c2ccccc12)C1CCNCC1. The zero-order valence-corrected chi connectivity index (χ0v) is 16.6. The average Bonchev–Trinajstić information content (AvgIpc) is 2.68. The number of fused-ring (bicyclic) bond motifs is 1. The van der Waals surface area contributed by atoms with Gasteiger partial charge in [0.05, 0.1) is 5.39 Å². The van der Waals surface area contributed by atoms with E-state index >= 15 is 0 Å². The molecule has 0 aliphatic carbocycles. The molecule has 6 nitrogen and oxygen atoms in total. The summed E-state index contributed by atoms with van der Waals surface area (Å²) in [6.07, 6.45) is 2.81. The third-order valence-corrected chi connectivity index (χ3v) is 5.08. The summed E-state index contributed by atoms with van der Waals surface area (Å²) in [4.78, 5) is 28.3. The number of piperidine rings is 1. The minimum atomic E-state index is -0.125. The second-order valence-electron chi connectivity index (χ2n) is 7.76. The first-order valence-corrected chi connectivity index (χ1v) is 10.0. The lowest BCUT2D eigenvalue weighted by Crippen LogP contribution is -2.47. The molecule has 1 N–H and O–H groups in total. The van der Waals surface area contributed by atoms with Crippen LogP contribution in [-0.2, 0) is 6.54 Å². The highest BCUT2D eigenvalue weighted by Crippen LogP contribution is 2.20. The maximum absolute atomic E-state index is 13.5. The van der Waals surface area contributed by atoms with Crippen molar-refractivity contribution in [2.24, 2.45) is 5.92 Å². The fourth-order valence-electron chi connectivity index (χ4n) is 3.81. The van der Waals surface area contributed by atoms with Gasteiger partial charge in [0.15, 0.2) is 5.69 Å². The molecule has 3 rings (SSSR count). The molecule has 0 saturated carbocycles. The van der Waals surface area contributed by atoms with Crippen LogP contribution in [0.15, 0.2) is 29.1 Å². The molecule has 1 aromatic carbocycles. The van der Waals surface area contributed by atoms with Gasteiger partial charge in [-0.15, -0.1) is 0 Å². The summed E-state index contributed by atoms with van der Waals surface area (Å²) in [5, 5.41) is 9.12. The first-order chi connectivity index (χ1) is 13.0. The molecule has 0 unspecified atom stereocenters. The maximum Gasteiger partial charge on any atom is 0.275 e. The lowest BCUT2D eigenvalue weighted by atomic mass is 10.0. The van der Waals surface area contributed by atoms with Gasteiger partial charge in [0.25, 0.3) is 11.5 Å². The fourth-order valence-corrected chi connectivity index (χ4v) is 3.81. The van der Waals surface area contributed by atoms with Crippen LogP contribution in [-0.4, -0.2) is 46.3 Å². The lowest BCUT2D eigenvalue weighted by molar-refractivity contribution is 0.0636. The van der Waals surface area contributed by atoms with Crippen molar-refractivity contribution in [1.82, 2.24) is 20.0 Å². The summed E-state index contributed by atoms with van der Waals surface area (Å²) in [5.41, 5.74) is 0.276. The number of nitrogens with zero attached hydrogens (tertiary/aromatic N) is 3. The van der Waals surface area contributed by atoms with Crippen LogP contribution in [0.2, 0.25) is 0 Å². The highest BCUT2D eigenvalue weighted by atomic mass is 16.2. The molecule has 2 heterocycles. The van der Waals surface area contributed by atoms with Crippen LogP contribution in [0, 0.1) is 5.92 Å². The Bertz CT molecular complexity index is 853. The third kappa shape index (κ3) is 4.21. The zero-order chi connectivity index (χ0) is 19.4. The van der Waals surface area contributed by atoms with E-state index in [9.17, 15) is 9.59 Å². The number of carbonyl (C=O) groups excluding carboxylic acids is 1. The smallest absolute Gasteiger partial charge is 0.275 e. The van der Waals surface area contributed by atoms with E-state index in [4.69, 9.17) is 0 Å². The largest absolute Gasteiger partial charge is 0.334 e. The molecule has 1 aliphatic rings.